The van der Waals surface area contributed by atoms with E-state index in [0.29, 0.717) is 32.0 Å². The van der Waals surface area contributed by atoms with Crippen molar-refractivity contribution in [3.8, 4) is 0 Å². The molecule has 1 saturated heterocycles. The van der Waals surface area contributed by atoms with E-state index < -0.39 is 0 Å². The SMILES string of the molecule is CN(C)Cc1ccc(C(=O)N2CCOC(CCc3ccccc3)C2)o1. The van der Waals surface area contributed by atoms with Crippen molar-refractivity contribution >= 4 is 5.91 Å². The number of carbonyl (C=O) groups excluding carboxylic acids is 1. The van der Waals surface area contributed by atoms with E-state index in [0.717, 1.165) is 18.6 Å². The summed E-state index contributed by atoms with van der Waals surface area (Å²) in [6.45, 7) is 2.51. The van der Waals surface area contributed by atoms with E-state index in [4.69, 9.17) is 9.15 Å². The summed E-state index contributed by atoms with van der Waals surface area (Å²) in [5, 5.41) is 0. The van der Waals surface area contributed by atoms with Gasteiger partial charge in [0.15, 0.2) is 5.76 Å². The van der Waals surface area contributed by atoms with Gasteiger partial charge in [0.2, 0.25) is 0 Å². The molecule has 1 fully saturated rings. The van der Waals surface area contributed by atoms with Gasteiger partial charge < -0.3 is 19.0 Å². The first-order chi connectivity index (χ1) is 12.1. The second kappa shape index (κ2) is 8.32. The number of aryl methyl sites for hydroxylation is 1. The molecule has 1 aromatic heterocycles. The van der Waals surface area contributed by atoms with Crippen LogP contribution in [-0.4, -0.2) is 55.6 Å². The number of ether oxygens (including phenoxy) is 1. The van der Waals surface area contributed by atoms with Crippen molar-refractivity contribution in [3.05, 3.63) is 59.5 Å². The van der Waals surface area contributed by atoms with Crippen molar-refractivity contribution in [2.45, 2.75) is 25.5 Å². The lowest BCUT2D eigenvalue weighted by atomic mass is 10.1. The van der Waals surface area contributed by atoms with Crippen LogP contribution in [0.1, 0.15) is 28.3 Å². The standard InChI is InChI=1S/C20H26N2O3/c1-21(2)14-18-10-11-19(25-18)20(23)22-12-13-24-17(15-22)9-8-16-6-4-3-5-7-16/h3-7,10-11,17H,8-9,12-15H2,1-2H3. The Labute approximate surface area is 149 Å². The van der Waals surface area contributed by atoms with Crippen LogP contribution in [0, 0.1) is 0 Å². The van der Waals surface area contributed by atoms with E-state index in [1.54, 1.807) is 6.07 Å². The van der Waals surface area contributed by atoms with Crippen LogP contribution in [0.4, 0.5) is 0 Å². The first kappa shape index (κ1) is 17.7. The number of hydrogen-bond acceptors (Lipinski definition) is 4. The number of rotatable bonds is 6. The summed E-state index contributed by atoms with van der Waals surface area (Å²) in [7, 11) is 3.95. The summed E-state index contributed by atoms with van der Waals surface area (Å²) in [4.78, 5) is 16.5. The number of amides is 1. The number of nitrogens with zero attached hydrogens (tertiary/aromatic N) is 2. The minimum atomic E-state index is -0.0435. The number of furan rings is 1. The molecule has 1 aliphatic rings. The molecule has 5 nitrogen and oxygen atoms in total. The zero-order valence-corrected chi connectivity index (χ0v) is 15.0. The molecular formula is C20H26N2O3. The van der Waals surface area contributed by atoms with E-state index in [9.17, 15) is 4.79 Å². The summed E-state index contributed by atoms with van der Waals surface area (Å²) in [5.41, 5.74) is 1.30. The predicted molar refractivity (Wildman–Crippen MR) is 96.5 cm³/mol. The number of morpholine rings is 1. The molecule has 0 bridgehead atoms. The summed E-state index contributed by atoms with van der Waals surface area (Å²) in [6.07, 6.45) is 1.95. The number of benzene rings is 1. The van der Waals surface area contributed by atoms with Gasteiger partial charge in [0, 0.05) is 13.1 Å². The summed E-state index contributed by atoms with van der Waals surface area (Å²) in [5.74, 6) is 1.18. The van der Waals surface area contributed by atoms with Crippen molar-refractivity contribution < 1.29 is 13.9 Å². The van der Waals surface area contributed by atoms with E-state index >= 15 is 0 Å². The van der Waals surface area contributed by atoms with Crippen LogP contribution in [0.15, 0.2) is 46.9 Å². The quantitative estimate of drug-likeness (QED) is 0.810. The molecule has 0 saturated carbocycles. The molecular weight excluding hydrogens is 316 g/mol. The highest BCUT2D eigenvalue weighted by Gasteiger charge is 2.26. The van der Waals surface area contributed by atoms with Crippen LogP contribution in [0.3, 0.4) is 0 Å². The maximum Gasteiger partial charge on any atom is 0.289 e. The molecule has 1 amide bonds. The van der Waals surface area contributed by atoms with E-state index in [-0.39, 0.29) is 12.0 Å². The number of hydrogen-bond donors (Lipinski definition) is 0. The first-order valence-electron chi connectivity index (χ1n) is 8.80. The van der Waals surface area contributed by atoms with Crippen LogP contribution in [-0.2, 0) is 17.7 Å². The summed E-state index contributed by atoms with van der Waals surface area (Å²) < 4.78 is 11.5. The predicted octanol–water partition coefficient (Wildman–Crippen LogP) is 2.82. The molecule has 1 aliphatic heterocycles. The lowest BCUT2D eigenvalue weighted by molar-refractivity contribution is -0.0255. The van der Waals surface area contributed by atoms with Crippen molar-refractivity contribution in [1.82, 2.24) is 9.80 Å². The Morgan fingerprint density at radius 3 is 2.76 bits per heavy atom. The summed E-state index contributed by atoms with van der Waals surface area (Å²) in [6, 6.07) is 14.0. The first-order valence-corrected chi connectivity index (χ1v) is 8.80. The highest BCUT2D eigenvalue weighted by molar-refractivity contribution is 5.91. The Morgan fingerprint density at radius 1 is 1.20 bits per heavy atom. The topological polar surface area (TPSA) is 45.9 Å². The van der Waals surface area contributed by atoms with Gasteiger partial charge >= 0.3 is 0 Å². The van der Waals surface area contributed by atoms with Gasteiger partial charge in [-0.1, -0.05) is 30.3 Å². The van der Waals surface area contributed by atoms with Crippen LogP contribution >= 0.6 is 0 Å². The second-order valence-corrected chi connectivity index (χ2v) is 6.77. The molecule has 1 aromatic carbocycles. The average Bonchev–Trinajstić information content (AvgIpc) is 3.08. The Bertz CT molecular complexity index is 681. The molecule has 0 radical (unpaired) electrons. The molecule has 1 unspecified atom stereocenters. The van der Waals surface area contributed by atoms with Gasteiger partial charge in [0.05, 0.1) is 19.3 Å². The zero-order valence-electron chi connectivity index (χ0n) is 15.0. The second-order valence-electron chi connectivity index (χ2n) is 6.77. The van der Waals surface area contributed by atoms with Crippen LogP contribution in [0.25, 0.3) is 0 Å². The maximum atomic E-state index is 12.7. The Kier molecular flexibility index (Phi) is 5.89. The molecule has 2 aromatic rings. The molecule has 0 N–H and O–H groups in total. The lowest BCUT2D eigenvalue weighted by Crippen LogP contribution is -2.45. The van der Waals surface area contributed by atoms with Crippen molar-refractivity contribution in [2.75, 3.05) is 33.8 Å². The smallest absolute Gasteiger partial charge is 0.289 e. The lowest BCUT2D eigenvalue weighted by Gasteiger charge is -2.32. The molecule has 25 heavy (non-hydrogen) atoms. The Morgan fingerprint density at radius 2 is 2.00 bits per heavy atom. The third-order valence-corrected chi connectivity index (χ3v) is 4.37. The average molecular weight is 342 g/mol. The van der Waals surface area contributed by atoms with E-state index in [1.807, 2.05) is 36.0 Å². The monoisotopic (exact) mass is 342 g/mol. The largest absolute Gasteiger partial charge is 0.455 e. The fourth-order valence-electron chi connectivity index (χ4n) is 3.10. The highest BCUT2D eigenvalue weighted by atomic mass is 16.5. The minimum absolute atomic E-state index is 0.0435. The third-order valence-electron chi connectivity index (χ3n) is 4.37. The van der Waals surface area contributed by atoms with Gasteiger partial charge in [-0.15, -0.1) is 0 Å². The molecule has 134 valence electrons. The fraction of sp³-hybridized carbons (Fsp3) is 0.450. The summed E-state index contributed by atoms with van der Waals surface area (Å²) >= 11 is 0. The van der Waals surface area contributed by atoms with Gasteiger partial charge in [0.25, 0.3) is 5.91 Å². The molecule has 3 rings (SSSR count). The molecule has 0 aliphatic carbocycles. The van der Waals surface area contributed by atoms with Gasteiger partial charge in [-0.3, -0.25) is 4.79 Å². The Hall–Kier alpha value is -2.11. The van der Waals surface area contributed by atoms with Crippen molar-refractivity contribution in [2.24, 2.45) is 0 Å². The van der Waals surface area contributed by atoms with Crippen LogP contribution in [0.5, 0.6) is 0 Å². The van der Waals surface area contributed by atoms with Crippen LogP contribution in [0.2, 0.25) is 0 Å². The molecule has 0 spiro atoms. The normalized spacial score (nSPS) is 17.9. The van der Waals surface area contributed by atoms with Gasteiger partial charge in [-0.2, -0.15) is 0 Å². The third kappa shape index (κ3) is 4.94. The van der Waals surface area contributed by atoms with E-state index in [1.165, 1.54) is 5.56 Å². The van der Waals surface area contributed by atoms with Gasteiger partial charge in [0.1, 0.15) is 5.76 Å². The van der Waals surface area contributed by atoms with E-state index in [2.05, 4.69) is 24.3 Å². The Balaban J connectivity index is 1.55. The zero-order chi connectivity index (χ0) is 17.6. The van der Waals surface area contributed by atoms with Crippen molar-refractivity contribution in [3.63, 3.8) is 0 Å². The highest BCUT2D eigenvalue weighted by Crippen LogP contribution is 2.17. The van der Waals surface area contributed by atoms with Crippen LogP contribution < -0.4 is 0 Å². The van der Waals surface area contributed by atoms with Gasteiger partial charge in [-0.05, 0) is 44.6 Å². The van der Waals surface area contributed by atoms with Gasteiger partial charge in [-0.25, -0.2) is 0 Å². The number of carbonyl (C=O) groups is 1. The molecule has 5 heteroatoms. The molecule has 2 heterocycles. The fourth-order valence-corrected chi connectivity index (χ4v) is 3.10. The maximum absolute atomic E-state index is 12.7. The van der Waals surface area contributed by atoms with Crippen molar-refractivity contribution in [1.29, 1.82) is 0 Å². The minimum Gasteiger partial charge on any atom is -0.455 e. The molecule has 1 atom stereocenters.